The van der Waals surface area contributed by atoms with Crippen molar-refractivity contribution < 1.29 is 14.2 Å². The van der Waals surface area contributed by atoms with Crippen LogP contribution in [0.3, 0.4) is 0 Å². The van der Waals surface area contributed by atoms with Crippen LogP contribution in [0.5, 0.6) is 5.75 Å². The van der Waals surface area contributed by atoms with Gasteiger partial charge in [-0.15, -0.1) is 24.0 Å². The quantitative estimate of drug-likeness (QED) is 0.232. The van der Waals surface area contributed by atoms with E-state index in [0.717, 1.165) is 62.9 Å². The van der Waals surface area contributed by atoms with E-state index in [2.05, 4.69) is 40.7 Å². The lowest BCUT2D eigenvalue weighted by molar-refractivity contribution is -0.0320. The Morgan fingerprint density at radius 1 is 1.25 bits per heavy atom. The minimum Gasteiger partial charge on any atom is -0.491 e. The summed E-state index contributed by atoms with van der Waals surface area (Å²) in [5, 5.41) is 6.70. The number of hydrogen-bond donors (Lipinski definition) is 2. The maximum absolute atomic E-state index is 5.94. The minimum atomic E-state index is 0. The first-order valence-electron chi connectivity index (χ1n) is 9.98. The van der Waals surface area contributed by atoms with Crippen LogP contribution in [-0.2, 0) is 16.0 Å². The molecular weight excluding hydrogens is 469 g/mol. The third kappa shape index (κ3) is 9.43. The first kappa shape index (κ1) is 25.0. The summed E-state index contributed by atoms with van der Waals surface area (Å²) in [6, 6.07) is 6.30. The van der Waals surface area contributed by atoms with Crippen LogP contribution in [0.25, 0.3) is 0 Å². The van der Waals surface area contributed by atoms with Crippen molar-refractivity contribution in [3.63, 3.8) is 0 Å². The highest BCUT2D eigenvalue weighted by atomic mass is 127. The summed E-state index contributed by atoms with van der Waals surface area (Å²) in [5.74, 6) is 1.72. The molecule has 2 rings (SSSR count). The molecule has 1 heterocycles. The average Bonchev–Trinajstić information content (AvgIpc) is 2.65. The fourth-order valence-corrected chi connectivity index (χ4v) is 2.94. The van der Waals surface area contributed by atoms with Crippen molar-refractivity contribution in [2.75, 3.05) is 33.4 Å². The van der Waals surface area contributed by atoms with E-state index in [9.17, 15) is 0 Å². The van der Waals surface area contributed by atoms with E-state index in [1.54, 1.807) is 7.05 Å². The van der Waals surface area contributed by atoms with Gasteiger partial charge in [0.25, 0.3) is 0 Å². The van der Waals surface area contributed by atoms with Gasteiger partial charge in [-0.2, -0.15) is 0 Å². The van der Waals surface area contributed by atoms with Gasteiger partial charge in [-0.25, -0.2) is 0 Å². The number of ether oxygens (including phenoxy) is 3. The van der Waals surface area contributed by atoms with E-state index in [4.69, 9.17) is 14.2 Å². The van der Waals surface area contributed by atoms with Gasteiger partial charge < -0.3 is 24.8 Å². The number of halogens is 1. The molecule has 0 amide bonds. The van der Waals surface area contributed by atoms with Gasteiger partial charge in [0.15, 0.2) is 5.96 Å². The number of nitrogens with one attached hydrogen (secondary N) is 2. The second kappa shape index (κ2) is 14.0. The van der Waals surface area contributed by atoms with Crippen molar-refractivity contribution in [2.24, 2.45) is 4.99 Å². The lowest BCUT2D eigenvalue weighted by atomic mass is 10.1. The smallest absolute Gasteiger partial charge is 0.191 e. The summed E-state index contributed by atoms with van der Waals surface area (Å²) in [4.78, 5) is 4.30. The summed E-state index contributed by atoms with van der Waals surface area (Å²) in [6.45, 7) is 10.1. The zero-order valence-electron chi connectivity index (χ0n) is 17.6. The Hall–Kier alpha value is -1.06. The Labute approximate surface area is 186 Å². The number of nitrogens with zero attached hydrogens (tertiary/aromatic N) is 1. The molecule has 1 aromatic carbocycles. The molecular formula is C21H36IN3O3. The van der Waals surface area contributed by atoms with Gasteiger partial charge in [0.2, 0.25) is 0 Å². The highest BCUT2D eigenvalue weighted by molar-refractivity contribution is 14.0. The van der Waals surface area contributed by atoms with Gasteiger partial charge in [0.1, 0.15) is 5.75 Å². The van der Waals surface area contributed by atoms with Gasteiger partial charge in [-0.1, -0.05) is 12.1 Å². The molecule has 0 atom stereocenters. The molecule has 0 aromatic heterocycles. The van der Waals surface area contributed by atoms with E-state index >= 15 is 0 Å². The Kier molecular flexibility index (Phi) is 12.5. The zero-order chi connectivity index (χ0) is 19.5. The Bertz CT molecular complexity index is 590. The molecule has 6 nitrogen and oxygen atoms in total. The van der Waals surface area contributed by atoms with E-state index < -0.39 is 0 Å². The van der Waals surface area contributed by atoms with Crippen molar-refractivity contribution in [3.05, 3.63) is 29.3 Å². The number of rotatable bonds is 9. The van der Waals surface area contributed by atoms with E-state index in [0.29, 0.717) is 12.6 Å². The number of guanidine groups is 1. The SMILES string of the molecule is CN=C(NCCCOC1CCOCC1)NCc1ccc(C)cc1OC(C)C.I. The van der Waals surface area contributed by atoms with Crippen LogP contribution in [0.15, 0.2) is 23.2 Å². The Morgan fingerprint density at radius 3 is 2.68 bits per heavy atom. The molecule has 0 unspecified atom stereocenters. The maximum Gasteiger partial charge on any atom is 0.191 e. The summed E-state index contributed by atoms with van der Waals surface area (Å²) in [5.41, 5.74) is 2.32. The van der Waals surface area contributed by atoms with Crippen LogP contribution < -0.4 is 15.4 Å². The molecule has 1 aliphatic heterocycles. The summed E-state index contributed by atoms with van der Waals surface area (Å²) >= 11 is 0. The highest BCUT2D eigenvalue weighted by Gasteiger charge is 2.13. The number of aliphatic imine (C=N–C) groups is 1. The fraction of sp³-hybridized carbons (Fsp3) is 0.667. The molecule has 0 aliphatic carbocycles. The fourth-order valence-electron chi connectivity index (χ4n) is 2.94. The van der Waals surface area contributed by atoms with Crippen LogP contribution in [-0.4, -0.2) is 51.6 Å². The molecule has 1 aromatic rings. The first-order valence-corrected chi connectivity index (χ1v) is 9.98. The third-order valence-electron chi connectivity index (χ3n) is 4.39. The second-order valence-corrected chi connectivity index (χ2v) is 7.17. The van der Waals surface area contributed by atoms with Crippen molar-refractivity contribution >= 4 is 29.9 Å². The predicted molar refractivity (Wildman–Crippen MR) is 125 cm³/mol. The van der Waals surface area contributed by atoms with E-state index in [1.165, 1.54) is 5.56 Å². The summed E-state index contributed by atoms with van der Waals surface area (Å²) < 4.78 is 17.2. The Balaban J connectivity index is 0.00000392. The predicted octanol–water partition coefficient (Wildman–Crippen LogP) is 3.65. The molecule has 0 bridgehead atoms. The molecule has 160 valence electrons. The molecule has 0 radical (unpaired) electrons. The molecule has 28 heavy (non-hydrogen) atoms. The average molecular weight is 505 g/mol. The second-order valence-electron chi connectivity index (χ2n) is 7.17. The lowest BCUT2D eigenvalue weighted by Gasteiger charge is -2.22. The van der Waals surface area contributed by atoms with Gasteiger partial charge in [-0.3, -0.25) is 4.99 Å². The van der Waals surface area contributed by atoms with Gasteiger partial charge in [0, 0.05) is 45.5 Å². The van der Waals surface area contributed by atoms with Crippen molar-refractivity contribution in [3.8, 4) is 5.75 Å². The van der Waals surface area contributed by atoms with E-state index in [1.807, 2.05) is 13.8 Å². The monoisotopic (exact) mass is 505 g/mol. The highest BCUT2D eigenvalue weighted by Crippen LogP contribution is 2.21. The molecule has 0 saturated carbocycles. The molecule has 1 fully saturated rings. The molecule has 1 saturated heterocycles. The van der Waals surface area contributed by atoms with Gasteiger partial charge in [0.05, 0.1) is 12.2 Å². The maximum atomic E-state index is 5.94. The zero-order valence-corrected chi connectivity index (χ0v) is 20.0. The largest absolute Gasteiger partial charge is 0.491 e. The molecule has 2 N–H and O–H groups in total. The van der Waals surface area contributed by atoms with Crippen LogP contribution in [0, 0.1) is 6.92 Å². The topological polar surface area (TPSA) is 64.1 Å². The van der Waals surface area contributed by atoms with Crippen molar-refractivity contribution in [1.29, 1.82) is 0 Å². The minimum absolute atomic E-state index is 0. The van der Waals surface area contributed by atoms with Crippen LogP contribution in [0.1, 0.15) is 44.2 Å². The van der Waals surface area contributed by atoms with Crippen molar-refractivity contribution in [1.82, 2.24) is 10.6 Å². The third-order valence-corrected chi connectivity index (χ3v) is 4.39. The van der Waals surface area contributed by atoms with E-state index in [-0.39, 0.29) is 30.1 Å². The standard InChI is InChI=1S/C21H35N3O3.HI/c1-16(2)27-20-14-17(3)6-7-18(20)15-24-21(22-4)23-10-5-11-26-19-8-12-25-13-9-19;/h6-7,14,16,19H,5,8-13,15H2,1-4H3,(H2,22,23,24);1H. The number of benzene rings is 1. The Morgan fingerprint density at radius 2 is 2.00 bits per heavy atom. The van der Waals surface area contributed by atoms with Gasteiger partial charge in [-0.05, 0) is 51.7 Å². The lowest BCUT2D eigenvalue weighted by Crippen LogP contribution is -2.37. The van der Waals surface area contributed by atoms with Gasteiger partial charge >= 0.3 is 0 Å². The van der Waals surface area contributed by atoms with Crippen LogP contribution >= 0.6 is 24.0 Å². The van der Waals surface area contributed by atoms with Crippen molar-refractivity contribution in [2.45, 2.75) is 58.8 Å². The molecule has 7 heteroatoms. The number of hydrogen-bond acceptors (Lipinski definition) is 4. The molecule has 0 spiro atoms. The normalized spacial score (nSPS) is 15.2. The number of aryl methyl sites for hydroxylation is 1. The van der Waals surface area contributed by atoms with Crippen LogP contribution in [0.2, 0.25) is 0 Å². The summed E-state index contributed by atoms with van der Waals surface area (Å²) in [7, 11) is 1.79. The first-order chi connectivity index (χ1) is 13.1. The summed E-state index contributed by atoms with van der Waals surface area (Å²) in [6.07, 6.45) is 3.47. The molecule has 1 aliphatic rings. The van der Waals surface area contributed by atoms with Crippen LogP contribution in [0.4, 0.5) is 0 Å².